The second kappa shape index (κ2) is 10.7. The highest BCUT2D eigenvalue weighted by atomic mass is 32.2. The highest BCUT2D eigenvalue weighted by molar-refractivity contribution is 7.89. The van der Waals surface area contributed by atoms with Crippen molar-refractivity contribution in [3.05, 3.63) is 77.5 Å². The molecular weight excluding hydrogens is 460 g/mol. The van der Waals surface area contributed by atoms with E-state index in [4.69, 9.17) is 11.5 Å². The number of amides is 1. The molecule has 1 aromatic heterocycles. The molecule has 0 aliphatic rings. The number of sulfonamides is 1. The molecule has 1 atom stereocenters. The van der Waals surface area contributed by atoms with Crippen molar-refractivity contribution < 1.29 is 23.1 Å². The van der Waals surface area contributed by atoms with E-state index in [9.17, 15) is 23.1 Å². The number of aryl methyl sites for hydroxylation is 2. The Hall–Kier alpha value is -4.03. The fraction of sp³-hybridized carbons (Fsp3) is 0.182. The van der Waals surface area contributed by atoms with Gasteiger partial charge in [0.2, 0.25) is 16.0 Å². The summed E-state index contributed by atoms with van der Waals surface area (Å²) in [6.07, 6.45) is 1.20. The van der Waals surface area contributed by atoms with Crippen LogP contribution in [0.25, 0.3) is 0 Å². The van der Waals surface area contributed by atoms with Gasteiger partial charge in [-0.05, 0) is 42.7 Å². The first-order chi connectivity index (χ1) is 16.1. The normalized spacial score (nSPS) is 12.1. The molecule has 1 amide bonds. The highest BCUT2D eigenvalue weighted by Gasteiger charge is 2.26. The second-order valence-corrected chi connectivity index (χ2v) is 9.09. The molecule has 178 valence electrons. The maximum absolute atomic E-state index is 12.4. The first kappa shape index (κ1) is 24.6. The molecule has 1 heterocycles. The van der Waals surface area contributed by atoms with E-state index < -0.39 is 34.5 Å². The van der Waals surface area contributed by atoms with Crippen LogP contribution in [0.3, 0.4) is 0 Å². The number of hydrogen-bond acceptors (Lipinski definition) is 8. The third kappa shape index (κ3) is 6.73. The van der Waals surface area contributed by atoms with Crippen molar-refractivity contribution in [3.8, 4) is 0 Å². The lowest BCUT2D eigenvalue weighted by atomic mass is 10.1. The topological polar surface area (TPSA) is 190 Å². The van der Waals surface area contributed by atoms with Gasteiger partial charge in [0.05, 0.1) is 4.90 Å². The van der Waals surface area contributed by atoms with Gasteiger partial charge in [-0.3, -0.25) is 9.59 Å². The van der Waals surface area contributed by atoms with Crippen molar-refractivity contribution in [3.63, 3.8) is 0 Å². The number of aromatic nitrogens is 2. The summed E-state index contributed by atoms with van der Waals surface area (Å²) in [6, 6.07) is 14.2. The number of carbonyl (C=O) groups excluding carboxylic acids is 1. The Bertz CT molecular complexity index is 1250. The lowest BCUT2D eigenvalue weighted by Crippen LogP contribution is -2.48. The fourth-order valence-corrected chi connectivity index (χ4v) is 4.30. The minimum absolute atomic E-state index is 0.0736. The zero-order valence-corrected chi connectivity index (χ0v) is 18.8. The lowest BCUT2D eigenvalue weighted by Gasteiger charge is -2.16. The van der Waals surface area contributed by atoms with Crippen LogP contribution in [0, 0.1) is 0 Å². The van der Waals surface area contributed by atoms with Crippen LogP contribution >= 0.6 is 0 Å². The van der Waals surface area contributed by atoms with Crippen LogP contribution in [0.2, 0.25) is 0 Å². The molecule has 34 heavy (non-hydrogen) atoms. The Kier molecular flexibility index (Phi) is 7.76. The number of nitrogen functional groups attached to an aromatic ring is 2. The number of rotatable bonds is 10. The van der Waals surface area contributed by atoms with E-state index in [-0.39, 0.29) is 10.8 Å². The number of hydrogen-bond donors (Lipinski definition) is 5. The number of benzene rings is 2. The standard InChI is InChI=1S/C22H24N6O5S/c23-19-12-16(26-22(24)27-19)11-8-14-6-9-15(10-7-14)20(29)25-13-18(21(30)31)28-34(32,33)17-4-2-1-3-5-17/h1-7,9-10,12,18,28H,8,11,13H2,(H,25,29)(H,30,31)(H4,23,24,26,27). The Labute approximate surface area is 196 Å². The van der Waals surface area contributed by atoms with E-state index in [0.717, 1.165) is 5.56 Å². The summed E-state index contributed by atoms with van der Waals surface area (Å²) >= 11 is 0. The van der Waals surface area contributed by atoms with E-state index >= 15 is 0 Å². The number of nitrogens with two attached hydrogens (primary N) is 2. The monoisotopic (exact) mass is 484 g/mol. The van der Waals surface area contributed by atoms with Crippen LogP contribution in [-0.2, 0) is 27.7 Å². The van der Waals surface area contributed by atoms with Gasteiger partial charge in [0.15, 0.2) is 0 Å². The van der Waals surface area contributed by atoms with Gasteiger partial charge in [-0.2, -0.15) is 9.71 Å². The molecule has 7 N–H and O–H groups in total. The molecule has 0 fully saturated rings. The maximum Gasteiger partial charge on any atom is 0.323 e. The summed E-state index contributed by atoms with van der Waals surface area (Å²) in [7, 11) is -4.06. The predicted octanol–water partition coefficient (Wildman–Crippen LogP) is 0.588. The summed E-state index contributed by atoms with van der Waals surface area (Å²) in [5, 5.41) is 11.8. The minimum Gasteiger partial charge on any atom is -0.480 e. The number of carboxylic acids is 1. The van der Waals surface area contributed by atoms with Crippen molar-refractivity contribution in [2.45, 2.75) is 23.8 Å². The first-order valence-electron chi connectivity index (χ1n) is 10.2. The Morgan fingerprint density at radius 3 is 2.26 bits per heavy atom. The molecule has 0 aliphatic carbocycles. The molecule has 0 saturated carbocycles. The van der Waals surface area contributed by atoms with E-state index in [1.54, 1.807) is 36.4 Å². The summed E-state index contributed by atoms with van der Waals surface area (Å²) in [4.78, 5) is 31.8. The van der Waals surface area contributed by atoms with Gasteiger partial charge in [-0.25, -0.2) is 13.4 Å². The zero-order valence-electron chi connectivity index (χ0n) is 18.0. The molecule has 11 nitrogen and oxygen atoms in total. The SMILES string of the molecule is Nc1cc(CCc2ccc(C(=O)NCC(NS(=O)(=O)c3ccccc3)C(=O)O)cc2)nc(N)n1. The van der Waals surface area contributed by atoms with E-state index in [0.29, 0.717) is 29.9 Å². The van der Waals surface area contributed by atoms with E-state index in [1.165, 1.54) is 24.3 Å². The smallest absolute Gasteiger partial charge is 0.323 e. The highest BCUT2D eigenvalue weighted by Crippen LogP contribution is 2.11. The predicted molar refractivity (Wildman–Crippen MR) is 125 cm³/mol. The Balaban J connectivity index is 1.57. The van der Waals surface area contributed by atoms with Crippen LogP contribution in [0.5, 0.6) is 0 Å². The van der Waals surface area contributed by atoms with E-state index in [2.05, 4.69) is 20.0 Å². The summed E-state index contributed by atoms with van der Waals surface area (Å²) in [5.41, 5.74) is 13.2. The average Bonchev–Trinajstić information content (AvgIpc) is 2.80. The van der Waals surface area contributed by atoms with Crippen LogP contribution in [0.4, 0.5) is 11.8 Å². The summed E-state index contributed by atoms with van der Waals surface area (Å²) < 4.78 is 26.9. The molecule has 1 unspecified atom stereocenters. The van der Waals surface area contributed by atoms with Gasteiger partial charge in [-0.15, -0.1) is 0 Å². The number of nitrogens with zero attached hydrogens (tertiary/aromatic N) is 2. The zero-order chi connectivity index (χ0) is 24.7. The number of anilines is 2. The molecule has 0 aliphatic heterocycles. The third-order valence-corrected chi connectivity index (χ3v) is 6.31. The number of aliphatic carboxylic acids is 1. The second-order valence-electron chi connectivity index (χ2n) is 7.37. The molecule has 0 spiro atoms. The molecule has 0 radical (unpaired) electrons. The minimum atomic E-state index is -4.06. The van der Waals surface area contributed by atoms with Gasteiger partial charge in [0.1, 0.15) is 11.9 Å². The van der Waals surface area contributed by atoms with Crippen LogP contribution < -0.4 is 21.5 Å². The maximum atomic E-state index is 12.4. The Morgan fingerprint density at radius 2 is 1.65 bits per heavy atom. The fourth-order valence-electron chi connectivity index (χ4n) is 3.09. The molecule has 3 aromatic rings. The molecule has 2 aromatic carbocycles. The van der Waals surface area contributed by atoms with Crippen molar-refractivity contribution >= 4 is 33.7 Å². The Morgan fingerprint density at radius 1 is 0.971 bits per heavy atom. The quantitative estimate of drug-likeness (QED) is 0.274. The van der Waals surface area contributed by atoms with Crippen molar-refractivity contribution in [1.82, 2.24) is 20.0 Å². The third-order valence-electron chi connectivity index (χ3n) is 4.82. The van der Waals surface area contributed by atoms with Gasteiger partial charge >= 0.3 is 5.97 Å². The average molecular weight is 485 g/mol. The molecule has 0 saturated heterocycles. The van der Waals surface area contributed by atoms with E-state index in [1.807, 2.05) is 0 Å². The molecule has 0 bridgehead atoms. The van der Waals surface area contributed by atoms with Crippen molar-refractivity contribution in [2.75, 3.05) is 18.0 Å². The van der Waals surface area contributed by atoms with Crippen LogP contribution in [0.15, 0.2) is 65.6 Å². The molecule has 3 rings (SSSR count). The van der Waals surface area contributed by atoms with Gasteiger partial charge in [0, 0.05) is 23.9 Å². The van der Waals surface area contributed by atoms with Crippen LogP contribution in [-0.4, -0.2) is 48.0 Å². The number of carboxylic acid groups (broad SMARTS) is 1. The van der Waals surface area contributed by atoms with Gasteiger partial charge in [0.25, 0.3) is 5.91 Å². The molecular formula is C22H24N6O5S. The van der Waals surface area contributed by atoms with Gasteiger partial charge < -0.3 is 21.9 Å². The van der Waals surface area contributed by atoms with Gasteiger partial charge in [-0.1, -0.05) is 30.3 Å². The number of nitrogens with one attached hydrogen (secondary N) is 2. The van der Waals surface area contributed by atoms with Crippen molar-refractivity contribution in [2.24, 2.45) is 0 Å². The lowest BCUT2D eigenvalue weighted by molar-refractivity contribution is -0.138. The number of carbonyl (C=O) groups is 2. The van der Waals surface area contributed by atoms with Crippen molar-refractivity contribution in [1.29, 1.82) is 0 Å². The largest absolute Gasteiger partial charge is 0.480 e. The first-order valence-corrected chi connectivity index (χ1v) is 11.7. The summed E-state index contributed by atoms with van der Waals surface area (Å²) in [6.45, 7) is -0.432. The summed E-state index contributed by atoms with van der Waals surface area (Å²) in [5.74, 6) is -1.55. The van der Waals surface area contributed by atoms with Crippen LogP contribution in [0.1, 0.15) is 21.6 Å². The molecule has 12 heteroatoms.